The van der Waals surface area contributed by atoms with Crippen molar-refractivity contribution in [1.82, 2.24) is 0 Å². The maximum Gasteiger partial charge on any atom is 0.282 e. The summed E-state index contributed by atoms with van der Waals surface area (Å²) in [6, 6.07) is 18.5. The van der Waals surface area contributed by atoms with E-state index in [-0.39, 0.29) is 5.91 Å². The van der Waals surface area contributed by atoms with E-state index in [0.717, 1.165) is 15.8 Å². The number of amides is 1. The van der Waals surface area contributed by atoms with Gasteiger partial charge in [0.15, 0.2) is 0 Å². The Hall–Kier alpha value is -3.12. The third-order valence-corrected chi connectivity index (χ3v) is 4.64. The predicted molar refractivity (Wildman–Crippen MR) is 108 cm³/mol. The average Bonchev–Trinajstić information content (AvgIpc) is 3.31. The molecule has 3 aromatic rings. The van der Waals surface area contributed by atoms with Gasteiger partial charge in [0.25, 0.3) is 5.91 Å². The van der Waals surface area contributed by atoms with E-state index in [2.05, 4.69) is 20.9 Å². The van der Waals surface area contributed by atoms with Gasteiger partial charge < -0.3 is 9.15 Å². The van der Waals surface area contributed by atoms with Gasteiger partial charge in [-0.15, -0.1) is 0 Å². The van der Waals surface area contributed by atoms with Crippen LogP contribution in [0.3, 0.4) is 0 Å². The smallest absolute Gasteiger partial charge is 0.282 e. The lowest BCUT2D eigenvalue weighted by Gasteiger charge is -2.19. The molecule has 2 aromatic carbocycles. The van der Waals surface area contributed by atoms with Crippen LogP contribution in [0, 0.1) is 0 Å². The molecule has 6 heteroatoms. The first-order valence-corrected chi connectivity index (χ1v) is 9.03. The van der Waals surface area contributed by atoms with Gasteiger partial charge in [-0.05, 0) is 48.5 Å². The van der Waals surface area contributed by atoms with Crippen LogP contribution in [0.1, 0.15) is 11.3 Å². The van der Waals surface area contributed by atoms with Crippen LogP contribution < -0.4 is 9.64 Å². The lowest BCUT2D eigenvalue weighted by Crippen LogP contribution is -2.32. The quantitative estimate of drug-likeness (QED) is 0.562. The normalized spacial score (nSPS) is 15.3. The van der Waals surface area contributed by atoms with Crippen LogP contribution in [0.25, 0.3) is 6.08 Å². The first-order chi connectivity index (χ1) is 13.2. The maximum absolute atomic E-state index is 13.1. The third-order valence-electron chi connectivity index (χ3n) is 4.12. The number of ether oxygens (including phenoxy) is 1. The summed E-state index contributed by atoms with van der Waals surface area (Å²) in [5, 5.41) is 0. The predicted octanol–water partition coefficient (Wildman–Crippen LogP) is 4.89. The van der Waals surface area contributed by atoms with Crippen molar-refractivity contribution in [2.24, 2.45) is 4.99 Å². The molecule has 27 heavy (non-hydrogen) atoms. The molecule has 0 fully saturated rings. The Labute approximate surface area is 164 Å². The number of carbonyl (C=O) groups is 1. The molecule has 0 N–H and O–H groups in total. The molecule has 4 rings (SSSR count). The van der Waals surface area contributed by atoms with Crippen LogP contribution in [-0.4, -0.2) is 18.9 Å². The highest BCUT2D eigenvalue weighted by atomic mass is 79.9. The van der Waals surface area contributed by atoms with E-state index in [9.17, 15) is 4.79 Å². The minimum absolute atomic E-state index is 0.213. The second-order valence-corrected chi connectivity index (χ2v) is 6.74. The summed E-state index contributed by atoms with van der Waals surface area (Å²) >= 11 is 3.44. The topological polar surface area (TPSA) is 55.0 Å². The lowest BCUT2D eigenvalue weighted by molar-refractivity contribution is -0.113. The number of rotatable bonds is 4. The Bertz CT molecular complexity index is 1020. The van der Waals surface area contributed by atoms with Crippen molar-refractivity contribution in [3.63, 3.8) is 0 Å². The van der Waals surface area contributed by atoms with E-state index in [1.165, 1.54) is 0 Å². The molecule has 1 aliphatic heterocycles. The summed E-state index contributed by atoms with van der Waals surface area (Å²) in [6.45, 7) is 0. The number of hydrogen-bond donors (Lipinski definition) is 0. The SMILES string of the molecule is COc1ccc(N2C(=O)/C(=C\c3ccco3)N=C2c2ccc(Br)cc2)cc1. The van der Waals surface area contributed by atoms with Crippen molar-refractivity contribution in [3.8, 4) is 5.75 Å². The van der Waals surface area contributed by atoms with Gasteiger partial charge in [-0.3, -0.25) is 9.69 Å². The molecular weight excluding hydrogens is 408 g/mol. The van der Waals surface area contributed by atoms with Gasteiger partial charge in [0.05, 0.1) is 19.1 Å². The molecule has 1 amide bonds. The van der Waals surface area contributed by atoms with Gasteiger partial charge in [0.1, 0.15) is 23.0 Å². The number of methoxy groups -OCH3 is 1. The average molecular weight is 423 g/mol. The van der Waals surface area contributed by atoms with Gasteiger partial charge >= 0.3 is 0 Å². The Morgan fingerprint density at radius 1 is 1.07 bits per heavy atom. The molecule has 0 saturated carbocycles. The van der Waals surface area contributed by atoms with Gasteiger partial charge in [-0.25, -0.2) is 4.99 Å². The van der Waals surface area contributed by atoms with E-state index in [1.807, 2.05) is 48.5 Å². The molecule has 1 aromatic heterocycles. The molecule has 0 bridgehead atoms. The number of benzene rings is 2. The molecule has 0 saturated heterocycles. The molecule has 0 spiro atoms. The summed E-state index contributed by atoms with van der Waals surface area (Å²) < 4.78 is 11.5. The molecule has 134 valence electrons. The van der Waals surface area contributed by atoms with Gasteiger partial charge in [-0.1, -0.05) is 28.1 Å². The number of furan rings is 1. The summed E-state index contributed by atoms with van der Waals surface area (Å²) in [6.07, 6.45) is 3.21. The number of halogens is 1. The fourth-order valence-corrected chi connectivity index (χ4v) is 3.05. The zero-order chi connectivity index (χ0) is 18.8. The molecule has 0 unspecified atom stereocenters. The van der Waals surface area contributed by atoms with Crippen LogP contribution in [0.4, 0.5) is 5.69 Å². The largest absolute Gasteiger partial charge is 0.497 e. The molecular formula is C21H15BrN2O3. The van der Waals surface area contributed by atoms with E-state index in [4.69, 9.17) is 9.15 Å². The van der Waals surface area contributed by atoms with E-state index < -0.39 is 0 Å². The number of anilines is 1. The first kappa shape index (κ1) is 17.3. The zero-order valence-electron chi connectivity index (χ0n) is 14.4. The van der Waals surface area contributed by atoms with Crippen LogP contribution in [-0.2, 0) is 4.79 Å². The summed E-state index contributed by atoms with van der Waals surface area (Å²) in [4.78, 5) is 19.3. The number of carbonyl (C=O) groups excluding carboxylic acids is 1. The van der Waals surface area contributed by atoms with E-state index in [0.29, 0.717) is 23.0 Å². The molecule has 0 aliphatic carbocycles. The Morgan fingerprint density at radius 3 is 2.44 bits per heavy atom. The number of hydrogen-bond acceptors (Lipinski definition) is 4. The van der Waals surface area contributed by atoms with Crippen LogP contribution in [0.2, 0.25) is 0 Å². The Kier molecular flexibility index (Phi) is 4.64. The minimum atomic E-state index is -0.213. The summed E-state index contributed by atoms with van der Waals surface area (Å²) in [7, 11) is 1.61. The van der Waals surface area contributed by atoms with Crippen LogP contribution in [0.15, 0.2) is 86.5 Å². The molecule has 1 aliphatic rings. The summed E-state index contributed by atoms with van der Waals surface area (Å²) in [5.41, 5.74) is 1.87. The van der Waals surface area contributed by atoms with Crippen molar-refractivity contribution < 1.29 is 13.9 Å². The first-order valence-electron chi connectivity index (χ1n) is 8.24. The minimum Gasteiger partial charge on any atom is -0.497 e. The standard InChI is InChI=1S/C21H15BrN2O3/c1-26-17-10-8-16(9-11-17)24-20(14-4-6-15(22)7-5-14)23-19(21(24)25)13-18-3-2-12-27-18/h2-13H,1H3/b19-13+. The van der Waals surface area contributed by atoms with Crippen LogP contribution in [0.5, 0.6) is 5.75 Å². The fourth-order valence-electron chi connectivity index (χ4n) is 2.79. The highest BCUT2D eigenvalue weighted by Gasteiger charge is 2.32. The third kappa shape index (κ3) is 3.44. The molecule has 0 radical (unpaired) electrons. The van der Waals surface area contributed by atoms with Crippen molar-refractivity contribution >= 4 is 39.4 Å². The molecule has 0 atom stereocenters. The van der Waals surface area contributed by atoms with Gasteiger partial charge in [0.2, 0.25) is 0 Å². The molecule has 5 nitrogen and oxygen atoms in total. The Morgan fingerprint density at radius 2 is 1.81 bits per heavy atom. The number of aliphatic imine (C=N–C) groups is 1. The number of nitrogens with zero attached hydrogens (tertiary/aromatic N) is 2. The number of amidine groups is 1. The van der Waals surface area contributed by atoms with Crippen molar-refractivity contribution in [3.05, 3.63) is 88.4 Å². The van der Waals surface area contributed by atoms with Gasteiger partial charge in [0, 0.05) is 16.1 Å². The fraction of sp³-hybridized carbons (Fsp3) is 0.0476. The van der Waals surface area contributed by atoms with Crippen molar-refractivity contribution in [1.29, 1.82) is 0 Å². The van der Waals surface area contributed by atoms with E-state index >= 15 is 0 Å². The summed E-state index contributed by atoms with van der Waals surface area (Å²) in [5.74, 6) is 1.65. The second-order valence-electron chi connectivity index (χ2n) is 5.83. The van der Waals surface area contributed by atoms with Crippen molar-refractivity contribution in [2.45, 2.75) is 0 Å². The second kappa shape index (κ2) is 7.25. The molecule has 2 heterocycles. The monoisotopic (exact) mass is 422 g/mol. The van der Waals surface area contributed by atoms with Crippen LogP contribution >= 0.6 is 15.9 Å². The highest BCUT2D eigenvalue weighted by Crippen LogP contribution is 2.29. The van der Waals surface area contributed by atoms with E-state index in [1.54, 1.807) is 36.5 Å². The lowest BCUT2D eigenvalue weighted by atomic mass is 10.1. The highest BCUT2D eigenvalue weighted by molar-refractivity contribution is 9.10. The maximum atomic E-state index is 13.1. The Balaban J connectivity index is 1.80. The zero-order valence-corrected chi connectivity index (χ0v) is 16.0. The van der Waals surface area contributed by atoms with Gasteiger partial charge in [-0.2, -0.15) is 0 Å². The van der Waals surface area contributed by atoms with Crippen molar-refractivity contribution in [2.75, 3.05) is 12.0 Å².